The fourth-order valence-corrected chi connectivity index (χ4v) is 4.02. The maximum atomic E-state index is 13.5. The summed E-state index contributed by atoms with van der Waals surface area (Å²) >= 11 is 0. The van der Waals surface area contributed by atoms with Gasteiger partial charge in [-0.05, 0) is 48.9 Å². The first kappa shape index (κ1) is 31.1. The molecule has 2 atom stereocenters. The predicted octanol–water partition coefficient (Wildman–Crippen LogP) is 7.60. The van der Waals surface area contributed by atoms with Gasteiger partial charge in [0.15, 0.2) is 17.7 Å². The van der Waals surface area contributed by atoms with Crippen LogP contribution in [-0.2, 0) is 20.7 Å². The van der Waals surface area contributed by atoms with Gasteiger partial charge in [-0.15, -0.1) is 0 Å². The van der Waals surface area contributed by atoms with Gasteiger partial charge < -0.3 is 14.2 Å². The van der Waals surface area contributed by atoms with E-state index in [1.54, 1.807) is 0 Å². The molecule has 0 saturated heterocycles. The molecule has 6 nitrogen and oxygen atoms in total. The van der Waals surface area contributed by atoms with Crippen LogP contribution in [0.4, 0.5) is 13.2 Å². The Morgan fingerprint density at radius 2 is 1.62 bits per heavy atom. The SMILES string of the molecule is CCCCCc1cc(-c2ncc(OCC(OC(=O)C(C)OCCCC)C(F)(F)F)cn2)ccc1-c1ccccc1. The van der Waals surface area contributed by atoms with Crippen LogP contribution < -0.4 is 4.74 Å². The first-order valence-electron chi connectivity index (χ1n) is 13.7. The molecular formula is C31H37F3N2O4. The Labute approximate surface area is 233 Å². The zero-order valence-corrected chi connectivity index (χ0v) is 23.2. The fourth-order valence-electron chi connectivity index (χ4n) is 4.02. The fraction of sp³-hybridized carbons (Fsp3) is 0.452. The van der Waals surface area contributed by atoms with Gasteiger partial charge in [-0.3, -0.25) is 0 Å². The van der Waals surface area contributed by atoms with E-state index < -0.39 is 31.0 Å². The Morgan fingerprint density at radius 1 is 0.925 bits per heavy atom. The topological polar surface area (TPSA) is 70.5 Å². The largest absolute Gasteiger partial charge is 0.486 e. The van der Waals surface area contributed by atoms with E-state index in [9.17, 15) is 18.0 Å². The van der Waals surface area contributed by atoms with Gasteiger partial charge >= 0.3 is 12.1 Å². The lowest BCUT2D eigenvalue weighted by Gasteiger charge is -2.22. The highest BCUT2D eigenvalue weighted by atomic mass is 19.4. The van der Waals surface area contributed by atoms with Crippen molar-refractivity contribution in [3.05, 3.63) is 66.5 Å². The second kappa shape index (κ2) is 15.4. The van der Waals surface area contributed by atoms with Crippen LogP contribution in [0.25, 0.3) is 22.5 Å². The van der Waals surface area contributed by atoms with Crippen molar-refractivity contribution in [1.29, 1.82) is 0 Å². The average Bonchev–Trinajstić information content (AvgIpc) is 2.95. The van der Waals surface area contributed by atoms with Gasteiger partial charge in [-0.2, -0.15) is 13.2 Å². The van der Waals surface area contributed by atoms with Gasteiger partial charge in [0, 0.05) is 12.2 Å². The highest BCUT2D eigenvalue weighted by Crippen LogP contribution is 2.30. The third kappa shape index (κ3) is 9.33. The van der Waals surface area contributed by atoms with E-state index in [0.717, 1.165) is 48.8 Å². The van der Waals surface area contributed by atoms with E-state index in [-0.39, 0.29) is 12.4 Å². The number of rotatable bonds is 15. The summed E-state index contributed by atoms with van der Waals surface area (Å²) in [5, 5.41) is 0. The van der Waals surface area contributed by atoms with Crippen LogP contribution >= 0.6 is 0 Å². The third-order valence-electron chi connectivity index (χ3n) is 6.35. The molecule has 9 heteroatoms. The van der Waals surface area contributed by atoms with Gasteiger partial charge in [0.1, 0.15) is 6.61 Å². The van der Waals surface area contributed by atoms with E-state index >= 15 is 0 Å². The molecule has 3 rings (SSSR count). The van der Waals surface area contributed by atoms with E-state index in [0.29, 0.717) is 12.2 Å². The van der Waals surface area contributed by atoms with Crippen molar-refractivity contribution in [2.24, 2.45) is 0 Å². The number of esters is 1. The second-order valence-corrected chi connectivity index (χ2v) is 9.58. The summed E-state index contributed by atoms with van der Waals surface area (Å²) in [6, 6.07) is 16.2. The quantitative estimate of drug-likeness (QED) is 0.141. The molecule has 216 valence electrons. The van der Waals surface area contributed by atoms with Crippen LogP contribution in [-0.4, -0.2) is 47.5 Å². The summed E-state index contributed by atoms with van der Waals surface area (Å²) in [4.78, 5) is 20.7. The summed E-state index contributed by atoms with van der Waals surface area (Å²) in [6.45, 7) is 4.80. The van der Waals surface area contributed by atoms with E-state index in [1.165, 1.54) is 24.9 Å². The van der Waals surface area contributed by atoms with Gasteiger partial charge in [-0.1, -0.05) is 75.6 Å². The molecular weight excluding hydrogens is 521 g/mol. The summed E-state index contributed by atoms with van der Waals surface area (Å²) in [5.74, 6) is -0.631. The summed E-state index contributed by atoms with van der Waals surface area (Å²) in [6.07, 6.45) is -0.00943. The minimum Gasteiger partial charge on any atom is -0.486 e. The second-order valence-electron chi connectivity index (χ2n) is 9.58. The van der Waals surface area contributed by atoms with E-state index in [1.807, 2.05) is 31.2 Å². The number of unbranched alkanes of at least 4 members (excludes halogenated alkanes) is 3. The molecule has 0 bridgehead atoms. The third-order valence-corrected chi connectivity index (χ3v) is 6.35. The molecule has 0 aliphatic carbocycles. The van der Waals surface area contributed by atoms with Crippen LogP contribution in [0.5, 0.6) is 5.75 Å². The summed E-state index contributed by atoms with van der Waals surface area (Å²) < 4.78 is 55.7. The number of nitrogens with zero attached hydrogens (tertiary/aromatic N) is 2. The maximum absolute atomic E-state index is 13.5. The molecule has 1 heterocycles. The monoisotopic (exact) mass is 558 g/mol. The molecule has 0 amide bonds. The lowest BCUT2D eigenvalue weighted by Crippen LogP contribution is -2.41. The number of aryl methyl sites for hydroxylation is 1. The van der Waals surface area contributed by atoms with Crippen LogP contribution in [0.15, 0.2) is 60.9 Å². The number of benzene rings is 2. The highest BCUT2D eigenvalue weighted by Gasteiger charge is 2.44. The van der Waals surface area contributed by atoms with Gasteiger partial charge in [0.05, 0.1) is 12.4 Å². The summed E-state index contributed by atoms with van der Waals surface area (Å²) in [5.41, 5.74) is 4.27. The Hall–Kier alpha value is -3.46. The van der Waals surface area contributed by atoms with Crippen molar-refractivity contribution < 1.29 is 32.2 Å². The van der Waals surface area contributed by atoms with Crippen molar-refractivity contribution >= 4 is 5.97 Å². The molecule has 0 spiro atoms. The number of carbonyl (C=O) groups excluding carboxylic acids is 1. The smallest absolute Gasteiger partial charge is 0.428 e. The Balaban J connectivity index is 1.69. The molecule has 2 unspecified atom stereocenters. The van der Waals surface area contributed by atoms with Crippen molar-refractivity contribution in [3.8, 4) is 28.3 Å². The number of hydrogen-bond donors (Lipinski definition) is 0. The zero-order valence-electron chi connectivity index (χ0n) is 23.2. The molecule has 0 aliphatic heterocycles. The Kier molecular flexibility index (Phi) is 11.9. The standard InChI is InChI=1S/C31H37F3N2O4/c1-4-6-9-14-24-18-25(15-16-27(24)23-12-10-8-11-13-23)29-35-19-26(20-36-29)39-21-28(31(32,33)34)40-30(37)22(3)38-17-7-5-2/h8,10-13,15-16,18-20,22,28H,4-7,9,14,17,21H2,1-3H3. The van der Waals surface area contributed by atoms with Crippen molar-refractivity contribution in [2.45, 2.75) is 77.7 Å². The Bertz CT molecular complexity index is 1190. The van der Waals surface area contributed by atoms with Crippen LogP contribution in [0.3, 0.4) is 0 Å². The highest BCUT2D eigenvalue weighted by molar-refractivity contribution is 5.74. The Morgan fingerprint density at radius 3 is 2.27 bits per heavy atom. The minimum atomic E-state index is -4.81. The molecule has 0 aliphatic rings. The normalized spacial score (nSPS) is 13.1. The first-order valence-corrected chi connectivity index (χ1v) is 13.7. The maximum Gasteiger partial charge on any atom is 0.428 e. The van der Waals surface area contributed by atoms with Crippen LogP contribution in [0, 0.1) is 0 Å². The van der Waals surface area contributed by atoms with Crippen molar-refractivity contribution in [2.75, 3.05) is 13.2 Å². The number of carbonyl (C=O) groups is 1. The molecule has 40 heavy (non-hydrogen) atoms. The molecule has 3 aromatic rings. The predicted molar refractivity (Wildman–Crippen MR) is 148 cm³/mol. The van der Waals surface area contributed by atoms with Crippen LogP contribution in [0.2, 0.25) is 0 Å². The van der Waals surface area contributed by atoms with Crippen molar-refractivity contribution in [1.82, 2.24) is 9.97 Å². The molecule has 0 radical (unpaired) electrons. The van der Waals surface area contributed by atoms with Gasteiger partial charge in [-0.25, -0.2) is 14.8 Å². The number of hydrogen-bond acceptors (Lipinski definition) is 6. The lowest BCUT2D eigenvalue weighted by molar-refractivity contribution is -0.231. The number of alkyl halides is 3. The molecule has 1 aromatic heterocycles. The van der Waals surface area contributed by atoms with Crippen LogP contribution in [0.1, 0.15) is 58.4 Å². The van der Waals surface area contributed by atoms with Gasteiger partial charge in [0.2, 0.25) is 6.10 Å². The number of ether oxygens (including phenoxy) is 3. The molecule has 0 N–H and O–H groups in total. The molecule has 0 fully saturated rings. The van der Waals surface area contributed by atoms with Crippen molar-refractivity contribution in [3.63, 3.8) is 0 Å². The minimum absolute atomic E-state index is 0.0327. The molecule has 2 aromatic carbocycles. The van der Waals surface area contributed by atoms with E-state index in [4.69, 9.17) is 9.47 Å². The van der Waals surface area contributed by atoms with Gasteiger partial charge in [0.25, 0.3) is 0 Å². The van der Waals surface area contributed by atoms with E-state index in [2.05, 4.69) is 45.9 Å². The molecule has 0 saturated carbocycles. The summed E-state index contributed by atoms with van der Waals surface area (Å²) in [7, 11) is 0. The average molecular weight is 559 g/mol. The lowest BCUT2D eigenvalue weighted by atomic mass is 9.94. The number of aromatic nitrogens is 2. The first-order chi connectivity index (χ1) is 19.2. The zero-order chi connectivity index (χ0) is 29.0. The number of halogens is 3.